The second kappa shape index (κ2) is 6.17. The largest absolute Gasteiger partial charge is 0.364 e. The molecule has 1 aromatic carbocycles. The van der Waals surface area contributed by atoms with E-state index in [1.54, 1.807) is 0 Å². The van der Waals surface area contributed by atoms with Crippen LogP contribution >= 0.6 is 15.9 Å². The van der Waals surface area contributed by atoms with E-state index in [-0.39, 0.29) is 11.7 Å². The molecule has 1 aliphatic heterocycles. The summed E-state index contributed by atoms with van der Waals surface area (Å²) in [5, 5.41) is 3.61. The van der Waals surface area contributed by atoms with Crippen molar-refractivity contribution in [3.05, 3.63) is 34.3 Å². The highest BCUT2D eigenvalue weighted by atomic mass is 79.9. The van der Waals surface area contributed by atoms with Gasteiger partial charge in [-0.2, -0.15) is 0 Å². The zero-order chi connectivity index (χ0) is 14.0. The predicted octanol–water partition coefficient (Wildman–Crippen LogP) is 4.45. The van der Waals surface area contributed by atoms with Crippen molar-refractivity contribution in [1.29, 1.82) is 0 Å². The fourth-order valence-electron chi connectivity index (χ4n) is 3.62. The SMILES string of the molecule is CCC1CCC2(CC1)CNCC(c1cccc(Br)c1)O2. The third-order valence-corrected chi connectivity index (χ3v) is 5.48. The number of rotatable bonds is 2. The highest BCUT2D eigenvalue weighted by molar-refractivity contribution is 9.10. The lowest BCUT2D eigenvalue weighted by Crippen LogP contribution is -2.52. The second-order valence-corrected chi connectivity index (χ2v) is 7.24. The Labute approximate surface area is 130 Å². The van der Waals surface area contributed by atoms with Crippen molar-refractivity contribution in [3.8, 4) is 0 Å². The van der Waals surface area contributed by atoms with Gasteiger partial charge >= 0.3 is 0 Å². The molecule has 0 amide bonds. The maximum atomic E-state index is 6.57. The maximum absolute atomic E-state index is 6.57. The zero-order valence-corrected chi connectivity index (χ0v) is 13.8. The molecule has 0 bridgehead atoms. The summed E-state index contributed by atoms with van der Waals surface area (Å²) in [5.41, 5.74) is 1.36. The lowest BCUT2D eigenvalue weighted by molar-refractivity contribution is -0.141. The quantitative estimate of drug-likeness (QED) is 0.860. The molecule has 1 unspecified atom stereocenters. The van der Waals surface area contributed by atoms with Gasteiger partial charge in [-0.15, -0.1) is 0 Å². The normalized spacial score (nSPS) is 34.3. The Hall–Kier alpha value is -0.380. The summed E-state index contributed by atoms with van der Waals surface area (Å²) in [6, 6.07) is 8.52. The van der Waals surface area contributed by atoms with Crippen LogP contribution in [-0.2, 0) is 4.74 Å². The van der Waals surface area contributed by atoms with Crippen molar-refractivity contribution in [2.75, 3.05) is 13.1 Å². The summed E-state index contributed by atoms with van der Waals surface area (Å²) in [6.07, 6.45) is 6.58. The van der Waals surface area contributed by atoms with Gasteiger partial charge in [0, 0.05) is 17.6 Å². The summed E-state index contributed by atoms with van der Waals surface area (Å²) < 4.78 is 7.70. The summed E-state index contributed by atoms with van der Waals surface area (Å²) in [4.78, 5) is 0. The fraction of sp³-hybridized carbons (Fsp3) is 0.647. The predicted molar refractivity (Wildman–Crippen MR) is 85.8 cm³/mol. The summed E-state index contributed by atoms with van der Waals surface area (Å²) in [5.74, 6) is 0.912. The molecule has 3 heteroatoms. The van der Waals surface area contributed by atoms with E-state index >= 15 is 0 Å². The van der Waals surface area contributed by atoms with Crippen LogP contribution < -0.4 is 5.32 Å². The molecule has 1 spiro atoms. The minimum atomic E-state index is 0.0803. The maximum Gasteiger partial charge on any atom is 0.0957 e. The van der Waals surface area contributed by atoms with Crippen molar-refractivity contribution >= 4 is 15.9 Å². The molecule has 3 rings (SSSR count). The number of nitrogens with one attached hydrogen (secondary N) is 1. The number of hydrogen-bond donors (Lipinski definition) is 1. The molecule has 2 fully saturated rings. The van der Waals surface area contributed by atoms with Crippen LogP contribution in [0.5, 0.6) is 0 Å². The topological polar surface area (TPSA) is 21.3 Å². The minimum Gasteiger partial charge on any atom is -0.364 e. The zero-order valence-electron chi connectivity index (χ0n) is 12.2. The first-order chi connectivity index (χ1) is 9.71. The monoisotopic (exact) mass is 337 g/mol. The lowest BCUT2D eigenvalue weighted by Gasteiger charge is -2.46. The molecule has 1 saturated carbocycles. The van der Waals surface area contributed by atoms with Crippen molar-refractivity contribution in [2.45, 2.75) is 50.7 Å². The minimum absolute atomic E-state index is 0.0803. The van der Waals surface area contributed by atoms with Crippen LogP contribution in [0, 0.1) is 5.92 Å². The Morgan fingerprint density at radius 2 is 2.15 bits per heavy atom. The van der Waals surface area contributed by atoms with E-state index in [1.807, 2.05) is 0 Å². The summed E-state index contributed by atoms with van der Waals surface area (Å²) in [6.45, 7) is 4.26. The van der Waals surface area contributed by atoms with E-state index < -0.39 is 0 Å². The first kappa shape index (κ1) is 14.6. The van der Waals surface area contributed by atoms with E-state index in [9.17, 15) is 0 Å². The van der Waals surface area contributed by atoms with Crippen LogP contribution in [0.2, 0.25) is 0 Å². The molecule has 1 aromatic rings. The van der Waals surface area contributed by atoms with E-state index in [1.165, 1.54) is 37.7 Å². The lowest BCUT2D eigenvalue weighted by atomic mass is 9.77. The van der Waals surface area contributed by atoms with Crippen molar-refractivity contribution in [1.82, 2.24) is 5.32 Å². The van der Waals surface area contributed by atoms with Crippen LogP contribution in [0.3, 0.4) is 0 Å². The third kappa shape index (κ3) is 3.10. The van der Waals surface area contributed by atoms with Gasteiger partial charge in [0.2, 0.25) is 0 Å². The van der Waals surface area contributed by atoms with Crippen LogP contribution in [0.1, 0.15) is 50.7 Å². The Balaban J connectivity index is 1.71. The Bertz CT molecular complexity index is 454. The van der Waals surface area contributed by atoms with Crippen LogP contribution in [-0.4, -0.2) is 18.7 Å². The fourth-order valence-corrected chi connectivity index (χ4v) is 4.03. The molecular weight excluding hydrogens is 314 g/mol. The van der Waals surface area contributed by atoms with Gasteiger partial charge in [0.15, 0.2) is 0 Å². The molecule has 1 atom stereocenters. The molecular formula is C17H24BrNO. The van der Waals surface area contributed by atoms with Gasteiger partial charge < -0.3 is 10.1 Å². The molecule has 1 heterocycles. The Morgan fingerprint density at radius 3 is 2.85 bits per heavy atom. The number of hydrogen-bond acceptors (Lipinski definition) is 2. The Morgan fingerprint density at radius 1 is 1.35 bits per heavy atom. The molecule has 20 heavy (non-hydrogen) atoms. The van der Waals surface area contributed by atoms with Gasteiger partial charge in [-0.1, -0.05) is 41.4 Å². The van der Waals surface area contributed by atoms with Gasteiger partial charge in [0.05, 0.1) is 11.7 Å². The van der Waals surface area contributed by atoms with Gasteiger partial charge in [-0.05, 0) is 49.3 Å². The summed E-state index contributed by atoms with van der Waals surface area (Å²) >= 11 is 3.56. The molecule has 1 saturated heterocycles. The van der Waals surface area contributed by atoms with E-state index in [2.05, 4.69) is 52.4 Å². The molecule has 110 valence electrons. The highest BCUT2D eigenvalue weighted by Gasteiger charge is 2.40. The molecule has 1 N–H and O–H groups in total. The average Bonchev–Trinajstić information content (AvgIpc) is 2.48. The second-order valence-electron chi connectivity index (χ2n) is 6.33. The Kier molecular flexibility index (Phi) is 4.49. The van der Waals surface area contributed by atoms with Gasteiger partial charge in [-0.25, -0.2) is 0 Å². The molecule has 1 aliphatic carbocycles. The molecule has 0 radical (unpaired) electrons. The molecule has 2 nitrogen and oxygen atoms in total. The summed E-state index contributed by atoms with van der Waals surface area (Å²) in [7, 11) is 0. The van der Waals surface area contributed by atoms with E-state index in [0.29, 0.717) is 0 Å². The van der Waals surface area contributed by atoms with Crippen molar-refractivity contribution in [2.24, 2.45) is 5.92 Å². The number of halogens is 1. The van der Waals surface area contributed by atoms with Crippen LogP contribution in [0.25, 0.3) is 0 Å². The van der Waals surface area contributed by atoms with Crippen molar-refractivity contribution < 1.29 is 4.74 Å². The van der Waals surface area contributed by atoms with Gasteiger partial charge in [0.25, 0.3) is 0 Å². The molecule has 2 aliphatic rings. The van der Waals surface area contributed by atoms with Crippen LogP contribution in [0.4, 0.5) is 0 Å². The van der Waals surface area contributed by atoms with E-state index in [4.69, 9.17) is 4.74 Å². The average molecular weight is 338 g/mol. The first-order valence-electron chi connectivity index (χ1n) is 7.85. The molecule has 0 aromatic heterocycles. The standard InChI is InChI=1S/C17H24BrNO/c1-2-13-6-8-17(9-7-13)12-19-11-16(20-17)14-4-3-5-15(18)10-14/h3-5,10,13,16,19H,2,6-9,11-12H2,1H3. The third-order valence-electron chi connectivity index (χ3n) is 4.98. The first-order valence-corrected chi connectivity index (χ1v) is 8.64. The van der Waals surface area contributed by atoms with Crippen LogP contribution in [0.15, 0.2) is 28.7 Å². The number of ether oxygens (including phenoxy) is 1. The highest BCUT2D eigenvalue weighted by Crippen LogP contribution is 2.40. The van der Waals surface area contributed by atoms with Gasteiger partial charge in [0.1, 0.15) is 0 Å². The van der Waals surface area contributed by atoms with Gasteiger partial charge in [-0.3, -0.25) is 0 Å². The smallest absolute Gasteiger partial charge is 0.0957 e. The van der Waals surface area contributed by atoms with Crippen molar-refractivity contribution in [3.63, 3.8) is 0 Å². The number of morpholine rings is 1. The number of benzene rings is 1. The van der Waals surface area contributed by atoms with E-state index in [0.717, 1.165) is 23.5 Å².